The first-order chi connectivity index (χ1) is 18.5. The summed E-state index contributed by atoms with van der Waals surface area (Å²) in [6, 6.07) is 15.0. The van der Waals surface area contributed by atoms with Crippen LogP contribution < -0.4 is 8.97 Å². The maximum atomic E-state index is 12.4. The van der Waals surface area contributed by atoms with Gasteiger partial charge in [-0.2, -0.15) is 8.97 Å². The summed E-state index contributed by atoms with van der Waals surface area (Å²) in [6.07, 6.45) is 14.7. The summed E-state index contributed by atoms with van der Waals surface area (Å²) in [5.41, 5.74) is 6.68. The minimum Gasteiger partial charge on any atom is -0.461 e. The fraction of sp³-hybridized carbons (Fsp3) is 0.485. The maximum Gasteiger partial charge on any atom is 0.403 e. The van der Waals surface area contributed by atoms with E-state index >= 15 is 0 Å². The molecule has 0 amide bonds. The smallest absolute Gasteiger partial charge is 0.403 e. The zero-order valence-corrected chi connectivity index (χ0v) is 23.4. The van der Waals surface area contributed by atoms with E-state index < -0.39 is 0 Å². The Morgan fingerprint density at radius 3 is 2.71 bits per heavy atom. The molecule has 2 aliphatic rings. The summed E-state index contributed by atoms with van der Waals surface area (Å²) in [6.45, 7) is 7.99. The third-order valence-electron chi connectivity index (χ3n) is 9.93. The van der Waals surface area contributed by atoms with E-state index in [1.54, 1.807) is 5.69 Å². The van der Waals surface area contributed by atoms with Crippen LogP contribution >= 0.6 is 0 Å². The first kappa shape index (κ1) is 25.1. The molecule has 2 aliphatic heterocycles. The van der Waals surface area contributed by atoms with Crippen molar-refractivity contribution in [2.45, 2.75) is 96.1 Å². The van der Waals surface area contributed by atoms with Gasteiger partial charge in [-0.15, -0.1) is 0 Å². The Bertz CT molecular complexity index is 1540. The molecule has 0 saturated carbocycles. The zero-order valence-electron chi connectivity index (χ0n) is 23.4. The minimum atomic E-state index is -0.274. The van der Waals surface area contributed by atoms with Crippen molar-refractivity contribution in [3.63, 3.8) is 0 Å². The number of ether oxygens (including phenoxy) is 1. The van der Waals surface area contributed by atoms with Gasteiger partial charge in [0.2, 0.25) is 0 Å². The molecule has 0 N–H and O–H groups in total. The van der Waals surface area contributed by atoms with E-state index in [0.29, 0.717) is 5.69 Å². The second kappa shape index (κ2) is 9.52. The predicted molar refractivity (Wildman–Crippen MR) is 149 cm³/mol. The van der Waals surface area contributed by atoms with E-state index in [4.69, 9.17) is 4.74 Å². The van der Waals surface area contributed by atoms with Gasteiger partial charge in [0.15, 0.2) is 11.9 Å². The number of benzene rings is 1. The molecule has 1 aromatic carbocycles. The molecule has 0 radical (unpaired) electrons. The number of hydrogen-bond acceptors (Lipinski definition) is 2. The van der Waals surface area contributed by atoms with Gasteiger partial charge in [0.05, 0.1) is 18.7 Å². The van der Waals surface area contributed by atoms with E-state index in [-0.39, 0.29) is 16.9 Å². The van der Waals surface area contributed by atoms with E-state index in [0.717, 1.165) is 38.6 Å². The molecular weight excluding hydrogens is 470 g/mol. The van der Waals surface area contributed by atoms with Crippen LogP contribution in [-0.2, 0) is 35.1 Å². The number of esters is 1. The maximum absolute atomic E-state index is 12.4. The SMILES string of the molecule is CCCCCc1c2n3c4c5c(cccc5cc[n+]14)C(C)(CC)C3(CCC[n+]1ccccc1C(=O)OC)CC2. The number of unbranched alkanes of at least 4 members (excludes halogenated alkanes) is 2. The fourth-order valence-electron chi connectivity index (χ4n) is 7.87. The lowest BCUT2D eigenvalue weighted by Gasteiger charge is -2.47. The predicted octanol–water partition coefficient (Wildman–Crippen LogP) is 5.99. The van der Waals surface area contributed by atoms with Gasteiger partial charge >= 0.3 is 5.97 Å². The van der Waals surface area contributed by atoms with Crippen molar-refractivity contribution in [1.29, 1.82) is 0 Å². The van der Waals surface area contributed by atoms with Gasteiger partial charge in [-0.3, -0.25) is 0 Å². The second-order valence-electron chi connectivity index (χ2n) is 11.6. The Morgan fingerprint density at radius 2 is 1.92 bits per heavy atom. The Balaban J connectivity index is 1.48. The largest absolute Gasteiger partial charge is 0.461 e. The average molecular weight is 512 g/mol. The molecule has 0 spiro atoms. The molecule has 5 nitrogen and oxygen atoms in total. The molecule has 5 heterocycles. The molecule has 6 rings (SSSR count). The molecule has 2 atom stereocenters. The van der Waals surface area contributed by atoms with Crippen molar-refractivity contribution in [2.75, 3.05) is 7.11 Å². The van der Waals surface area contributed by atoms with Gasteiger partial charge < -0.3 is 4.74 Å². The fourth-order valence-corrected chi connectivity index (χ4v) is 7.87. The Kier molecular flexibility index (Phi) is 6.28. The van der Waals surface area contributed by atoms with Gasteiger partial charge in [0, 0.05) is 36.8 Å². The van der Waals surface area contributed by atoms with E-state index in [1.807, 2.05) is 24.4 Å². The molecule has 3 aromatic heterocycles. The van der Waals surface area contributed by atoms with Crippen molar-refractivity contribution in [3.05, 3.63) is 77.5 Å². The van der Waals surface area contributed by atoms with Crippen molar-refractivity contribution in [2.24, 2.45) is 0 Å². The molecule has 198 valence electrons. The van der Waals surface area contributed by atoms with Gasteiger partial charge in [0.25, 0.3) is 11.3 Å². The highest BCUT2D eigenvalue weighted by Crippen LogP contribution is 2.58. The van der Waals surface area contributed by atoms with E-state index in [1.165, 1.54) is 60.5 Å². The second-order valence-corrected chi connectivity index (χ2v) is 11.6. The van der Waals surface area contributed by atoms with Crippen LogP contribution in [0.5, 0.6) is 0 Å². The Morgan fingerprint density at radius 1 is 1.05 bits per heavy atom. The lowest BCUT2D eigenvalue weighted by Crippen LogP contribution is -2.53. The highest BCUT2D eigenvalue weighted by atomic mass is 16.5. The Hall–Kier alpha value is -3.21. The topological polar surface area (TPSA) is 39.2 Å². The molecular formula is C33H41N3O2+2. The average Bonchev–Trinajstić information content (AvgIpc) is 3.49. The number of carbonyl (C=O) groups excluding carboxylic acids is 1. The van der Waals surface area contributed by atoms with Gasteiger partial charge in [-0.1, -0.05) is 51.8 Å². The molecule has 0 fully saturated rings. The van der Waals surface area contributed by atoms with Crippen LogP contribution in [0.1, 0.15) is 93.2 Å². The summed E-state index contributed by atoms with van der Waals surface area (Å²) >= 11 is 0. The quantitative estimate of drug-likeness (QED) is 0.149. The molecule has 2 unspecified atom stereocenters. The van der Waals surface area contributed by atoms with Crippen LogP contribution in [0.2, 0.25) is 0 Å². The standard InChI is InChI=1S/C33H41N3O2/c1-5-7-8-15-26-27-17-20-33(19-12-22-34-21-10-9-16-28(34)31(37)38-4)32(3,6-2)25-14-11-13-24-18-23-35(26)30(29(24)25)36(27)33/h9-11,13-14,16,18,21,23H,5-8,12,15,17,19-20,22H2,1-4H3/q+2. The number of aromatic nitrogens is 3. The van der Waals surface area contributed by atoms with Gasteiger partial charge in [0.1, 0.15) is 17.8 Å². The van der Waals surface area contributed by atoms with Crippen LogP contribution in [-0.4, -0.2) is 17.6 Å². The number of methoxy groups -OCH3 is 1. The number of hydrogen-bond donors (Lipinski definition) is 0. The normalized spacial score (nSPS) is 21.6. The highest BCUT2D eigenvalue weighted by molar-refractivity contribution is 5.97. The molecule has 5 heteroatoms. The molecule has 0 bridgehead atoms. The molecule has 0 saturated heterocycles. The zero-order chi connectivity index (χ0) is 26.5. The minimum absolute atomic E-state index is 0.0226. The van der Waals surface area contributed by atoms with E-state index in [2.05, 4.69) is 64.8 Å². The lowest BCUT2D eigenvalue weighted by atomic mass is 9.60. The number of rotatable bonds is 10. The molecule has 38 heavy (non-hydrogen) atoms. The number of pyridine rings is 2. The summed E-state index contributed by atoms with van der Waals surface area (Å²) in [5.74, 6) is -0.274. The van der Waals surface area contributed by atoms with Crippen molar-refractivity contribution in [3.8, 4) is 0 Å². The molecule has 4 aromatic rings. The number of imidazole rings is 1. The summed E-state index contributed by atoms with van der Waals surface area (Å²) in [7, 11) is 1.46. The van der Waals surface area contributed by atoms with E-state index in [9.17, 15) is 4.79 Å². The monoisotopic (exact) mass is 511 g/mol. The molecule has 0 aliphatic carbocycles. The van der Waals surface area contributed by atoms with Crippen LogP contribution in [0, 0.1) is 0 Å². The van der Waals surface area contributed by atoms with Crippen LogP contribution in [0.4, 0.5) is 0 Å². The van der Waals surface area contributed by atoms with Crippen LogP contribution in [0.3, 0.4) is 0 Å². The first-order valence-corrected chi connectivity index (χ1v) is 14.6. The third-order valence-corrected chi connectivity index (χ3v) is 9.93. The highest BCUT2D eigenvalue weighted by Gasteiger charge is 2.61. The van der Waals surface area contributed by atoms with Crippen molar-refractivity contribution in [1.82, 2.24) is 4.57 Å². The summed E-state index contributed by atoms with van der Waals surface area (Å²) in [5, 5.41) is 2.80. The van der Waals surface area contributed by atoms with Gasteiger partial charge in [-0.05, 0) is 48.8 Å². The number of carbonyl (C=O) groups is 1. The first-order valence-electron chi connectivity index (χ1n) is 14.6. The summed E-state index contributed by atoms with van der Waals surface area (Å²) < 4.78 is 12.5. The Labute approximate surface area is 226 Å². The van der Waals surface area contributed by atoms with Crippen molar-refractivity contribution < 1.29 is 18.5 Å². The number of aryl methyl sites for hydroxylation is 2. The summed E-state index contributed by atoms with van der Waals surface area (Å²) in [4.78, 5) is 12.4. The lowest BCUT2D eigenvalue weighted by molar-refractivity contribution is -0.699. The van der Waals surface area contributed by atoms with Gasteiger partial charge in [-0.25, -0.2) is 9.36 Å². The van der Waals surface area contributed by atoms with Crippen LogP contribution in [0.15, 0.2) is 54.9 Å². The van der Waals surface area contributed by atoms with Crippen molar-refractivity contribution >= 4 is 22.4 Å². The third kappa shape index (κ3) is 3.40. The number of nitrogens with zero attached hydrogens (tertiary/aromatic N) is 3. The van der Waals surface area contributed by atoms with Crippen LogP contribution in [0.25, 0.3) is 16.4 Å².